The van der Waals surface area contributed by atoms with Gasteiger partial charge < -0.3 is 5.32 Å². The molecule has 2 heterocycles. The van der Waals surface area contributed by atoms with E-state index in [4.69, 9.17) is 0 Å². The lowest BCUT2D eigenvalue weighted by atomic mass is 10.3. The molecule has 3 rings (SSSR count). The molecule has 0 saturated carbocycles. The molecule has 0 spiro atoms. The number of pyridine rings is 1. The van der Waals surface area contributed by atoms with Crippen molar-refractivity contribution in [1.29, 1.82) is 0 Å². The van der Waals surface area contributed by atoms with Crippen LogP contribution in [-0.2, 0) is 0 Å². The van der Waals surface area contributed by atoms with Gasteiger partial charge >= 0.3 is 6.03 Å². The maximum Gasteiger partial charge on any atom is 0.325 e. The lowest BCUT2D eigenvalue weighted by molar-refractivity contribution is 0.262. The van der Waals surface area contributed by atoms with Crippen molar-refractivity contribution in [3.05, 3.63) is 53.3 Å². The molecule has 0 radical (unpaired) electrons. The van der Waals surface area contributed by atoms with Gasteiger partial charge in [-0.25, -0.2) is 4.79 Å². The van der Waals surface area contributed by atoms with Crippen LogP contribution in [0.3, 0.4) is 0 Å². The van der Waals surface area contributed by atoms with Gasteiger partial charge in [0.2, 0.25) is 5.13 Å². The van der Waals surface area contributed by atoms with Crippen molar-refractivity contribution in [2.24, 2.45) is 0 Å². The van der Waals surface area contributed by atoms with Crippen molar-refractivity contribution in [2.75, 3.05) is 10.6 Å². The second-order valence-corrected chi connectivity index (χ2v) is 6.13. The summed E-state index contributed by atoms with van der Waals surface area (Å²) >= 11 is 4.65. The summed E-state index contributed by atoms with van der Waals surface area (Å²) in [5.41, 5.74) is 1.60. The van der Waals surface area contributed by atoms with Gasteiger partial charge in [0.05, 0.1) is 0 Å². The van der Waals surface area contributed by atoms with Crippen molar-refractivity contribution in [3.63, 3.8) is 0 Å². The molecule has 2 N–H and O–H groups in total. The van der Waals surface area contributed by atoms with E-state index in [1.807, 2.05) is 30.3 Å². The molecule has 6 nitrogen and oxygen atoms in total. The molecular weight excluding hydrogens is 366 g/mol. The van der Waals surface area contributed by atoms with Crippen molar-refractivity contribution in [3.8, 4) is 10.6 Å². The maximum absolute atomic E-state index is 11.9. The van der Waals surface area contributed by atoms with Crippen LogP contribution in [0.4, 0.5) is 15.6 Å². The quantitative estimate of drug-likeness (QED) is 0.724. The second-order valence-electron chi connectivity index (χ2n) is 4.24. The van der Waals surface area contributed by atoms with E-state index in [9.17, 15) is 4.79 Å². The zero-order valence-electron chi connectivity index (χ0n) is 11.2. The Kier molecular flexibility index (Phi) is 4.40. The first kappa shape index (κ1) is 14.6. The third-order valence-corrected chi connectivity index (χ3v) is 4.04. The van der Waals surface area contributed by atoms with Gasteiger partial charge in [-0.3, -0.25) is 10.3 Å². The van der Waals surface area contributed by atoms with Crippen LogP contribution in [0, 0.1) is 0 Å². The number of aromatic nitrogens is 3. The monoisotopic (exact) mass is 375 g/mol. The molecule has 22 heavy (non-hydrogen) atoms. The first-order valence-corrected chi connectivity index (χ1v) is 7.89. The molecular formula is C14H10BrN5OS. The molecule has 3 aromatic rings. The average molecular weight is 376 g/mol. The predicted octanol–water partition coefficient (Wildman–Crippen LogP) is 4.01. The number of amides is 2. The van der Waals surface area contributed by atoms with Crippen molar-refractivity contribution >= 4 is 44.1 Å². The molecule has 1 aromatic carbocycles. The summed E-state index contributed by atoms with van der Waals surface area (Å²) in [6.45, 7) is 0. The maximum atomic E-state index is 11.9. The van der Waals surface area contributed by atoms with Crippen LogP contribution >= 0.6 is 27.3 Å². The van der Waals surface area contributed by atoms with E-state index in [0.717, 1.165) is 15.0 Å². The van der Waals surface area contributed by atoms with Crippen LogP contribution in [0.5, 0.6) is 0 Å². The number of hydrogen-bond acceptors (Lipinski definition) is 5. The second kappa shape index (κ2) is 6.63. The molecule has 0 atom stereocenters. The van der Waals surface area contributed by atoms with Gasteiger partial charge in [0.1, 0.15) is 5.01 Å². The fourth-order valence-corrected chi connectivity index (χ4v) is 2.85. The molecule has 110 valence electrons. The van der Waals surface area contributed by atoms with Gasteiger partial charge in [0.25, 0.3) is 0 Å². The van der Waals surface area contributed by atoms with E-state index in [-0.39, 0.29) is 6.03 Å². The summed E-state index contributed by atoms with van der Waals surface area (Å²) in [6, 6.07) is 10.6. The first-order valence-electron chi connectivity index (χ1n) is 6.28. The van der Waals surface area contributed by atoms with Crippen LogP contribution in [0.15, 0.2) is 53.3 Å². The molecule has 2 aromatic heterocycles. The molecule has 0 bridgehead atoms. The highest BCUT2D eigenvalue weighted by Gasteiger charge is 2.09. The molecule has 0 unspecified atom stereocenters. The molecule has 0 aliphatic rings. The van der Waals surface area contributed by atoms with Gasteiger partial charge in [-0.2, -0.15) is 0 Å². The van der Waals surface area contributed by atoms with Crippen LogP contribution in [0.25, 0.3) is 10.6 Å². The SMILES string of the molecule is O=C(Nc1cccc(Br)c1)Nc1nnc(-c2ccncc2)s1. The van der Waals surface area contributed by atoms with Crippen LogP contribution in [0.1, 0.15) is 0 Å². The van der Waals surface area contributed by atoms with E-state index >= 15 is 0 Å². The van der Waals surface area contributed by atoms with Gasteiger partial charge in [0, 0.05) is 28.1 Å². The highest BCUT2D eigenvalue weighted by molar-refractivity contribution is 9.10. The zero-order valence-corrected chi connectivity index (χ0v) is 13.6. The third-order valence-electron chi connectivity index (χ3n) is 2.66. The first-order chi connectivity index (χ1) is 10.7. The molecule has 0 aliphatic heterocycles. The average Bonchev–Trinajstić information content (AvgIpc) is 2.96. The number of urea groups is 1. The third kappa shape index (κ3) is 3.66. The minimum atomic E-state index is -0.365. The van der Waals surface area contributed by atoms with Gasteiger partial charge in [-0.1, -0.05) is 33.3 Å². The molecule has 0 saturated heterocycles. The molecule has 2 amide bonds. The number of nitrogens with zero attached hydrogens (tertiary/aromatic N) is 3. The van der Waals surface area contributed by atoms with Crippen LogP contribution in [0.2, 0.25) is 0 Å². The minimum absolute atomic E-state index is 0.365. The molecule has 0 aliphatic carbocycles. The highest BCUT2D eigenvalue weighted by Crippen LogP contribution is 2.25. The lowest BCUT2D eigenvalue weighted by Crippen LogP contribution is -2.19. The van der Waals surface area contributed by atoms with E-state index in [2.05, 4.69) is 41.7 Å². The Bertz CT molecular complexity index is 793. The number of rotatable bonds is 3. The number of carbonyl (C=O) groups excluding carboxylic acids is 1. The van der Waals surface area contributed by atoms with Crippen molar-refractivity contribution in [1.82, 2.24) is 15.2 Å². The zero-order chi connectivity index (χ0) is 15.4. The number of carbonyl (C=O) groups is 1. The smallest absolute Gasteiger partial charge is 0.308 e. The van der Waals surface area contributed by atoms with Crippen LogP contribution < -0.4 is 10.6 Å². The summed E-state index contributed by atoms with van der Waals surface area (Å²) in [5, 5.41) is 14.6. The summed E-state index contributed by atoms with van der Waals surface area (Å²) < 4.78 is 0.890. The fourth-order valence-electron chi connectivity index (χ4n) is 1.71. The Labute approximate surface area is 138 Å². The Balaban J connectivity index is 1.66. The summed E-state index contributed by atoms with van der Waals surface area (Å²) in [5.74, 6) is 0. The number of anilines is 2. The van der Waals surface area contributed by atoms with Gasteiger partial charge in [-0.15, -0.1) is 10.2 Å². The minimum Gasteiger partial charge on any atom is -0.308 e. The molecule has 8 heteroatoms. The van der Waals surface area contributed by atoms with Gasteiger partial charge in [-0.05, 0) is 30.3 Å². The topological polar surface area (TPSA) is 79.8 Å². The summed E-state index contributed by atoms with van der Waals surface area (Å²) in [6.07, 6.45) is 3.37. The normalized spacial score (nSPS) is 10.2. The van der Waals surface area contributed by atoms with Crippen molar-refractivity contribution < 1.29 is 4.79 Å². The summed E-state index contributed by atoms with van der Waals surface area (Å²) in [7, 11) is 0. The van der Waals surface area contributed by atoms with E-state index in [1.165, 1.54) is 11.3 Å². The highest BCUT2D eigenvalue weighted by atomic mass is 79.9. The van der Waals surface area contributed by atoms with E-state index < -0.39 is 0 Å². The number of benzene rings is 1. The van der Waals surface area contributed by atoms with Crippen molar-refractivity contribution in [2.45, 2.75) is 0 Å². The van der Waals surface area contributed by atoms with E-state index in [0.29, 0.717) is 10.8 Å². The largest absolute Gasteiger partial charge is 0.325 e. The summed E-state index contributed by atoms with van der Waals surface area (Å²) in [4.78, 5) is 15.9. The Morgan fingerprint density at radius 3 is 2.68 bits per heavy atom. The molecule has 0 fully saturated rings. The predicted molar refractivity (Wildman–Crippen MR) is 89.9 cm³/mol. The fraction of sp³-hybridized carbons (Fsp3) is 0. The van der Waals surface area contributed by atoms with E-state index in [1.54, 1.807) is 18.5 Å². The standard InChI is InChI=1S/C14H10BrN5OS/c15-10-2-1-3-11(8-10)17-13(21)18-14-20-19-12(22-14)9-4-6-16-7-5-9/h1-8H,(H2,17,18,20,21). The lowest BCUT2D eigenvalue weighted by Gasteiger charge is -2.04. The number of nitrogens with one attached hydrogen (secondary N) is 2. The number of hydrogen-bond donors (Lipinski definition) is 2. The number of halogens is 1. The Hall–Kier alpha value is -2.32. The van der Waals surface area contributed by atoms with Crippen LogP contribution in [-0.4, -0.2) is 21.2 Å². The van der Waals surface area contributed by atoms with Gasteiger partial charge in [0.15, 0.2) is 0 Å². The Morgan fingerprint density at radius 2 is 1.91 bits per heavy atom. The Morgan fingerprint density at radius 1 is 1.09 bits per heavy atom.